The Balaban J connectivity index is 1.11. The van der Waals surface area contributed by atoms with E-state index in [4.69, 9.17) is 0 Å². The van der Waals surface area contributed by atoms with E-state index in [1.165, 1.54) is 86.2 Å². The minimum atomic E-state index is -0.454. The summed E-state index contributed by atoms with van der Waals surface area (Å²) in [4.78, 5) is 2.50. The van der Waals surface area contributed by atoms with Gasteiger partial charge in [-0.1, -0.05) is 176 Å². The van der Waals surface area contributed by atoms with E-state index in [0.29, 0.717) is 0 Å². The molecule has 0 spiro atoms. The molecular weight excluding hydrogens is 731 g/mol. The predicted octanol–water partition coefficient (Wildman–Crippen LogP) is 16.1. The maximum absolute atomic E-state index is 2.50. The number of hydrogen-bond acceptors (Lipinski definition) is 2. The van der Waals surface area contributed by atoms with Gasteiger partial charge in [-0.05, 0) is 110 Å². The first kappa shape index (κ1) is 34.1. The molecule has 1 unspecified atom stereocenters. The molecule has 278 valence electrons. The lowest BCUT2D eigenvalue weighted by molar-refractivity contribution is 0.751. The zero-order chi connectivity index (χ0) is 38.9. The van der Waals surface area contributed by atoms with Crippen LogP contribution in [0.5, 0.6) is 0 Å². The van der Waals surface area contributed by atoms with Crippen molar-refractivity contribution in [2.75, 3.05) is 4.90 Å². The number of anilines is 3. The van der Waals surface area contributed by atoms with Gasteiger partial charge in [0.25, 0.3) is 0 Å². The maximum atomic E-state index is 2.50. The summed E-state index contributed by atoms with van der Waals surface area (Å²) in [5.41, 5.74) is 13.4. The molecule has 0 saturated carbocycles. The van der Waals surface area contributed by atoms with Crippen molar-refractivity contribution in [1.82, 2.24) is 0 Å². The molecule has 1 aromatic heterocycles. The summed E-state index contributed by atoms with van der Waals surface area (Å²) in [7, 11) is 0. The van der Waals surface area contributed by atoms with E-state index in [1.807, 2.05) is 11.3 Å². The molecule has 0 aliphatic heterocycles. The fourth-order valence-electron chi connectivity index (χ4n) is 10.2. The van der Waals surface area contributed by atoms with Crippen LogP contribution in [0, 0.1) is 0 Å². The van der Waals surface area contributed by atoms with Gasteiger partial charge in [0.05, 0.1) is 11.1 Å². The smallest absolute Gasteiger partial charge is 0.0711 e. The number of nitrogens with zero attached hydrogens (tertiary/aromatic N) is 1. The van der Waals surface area contributed by atoms with E-state index in [9.17, 15) is 0 Å². The van der Waals surface area contributed by atoms with Crippen molar-refractivity contribution in [2.45, 2.75) is 18.3 Å². The van der Waals surface area contributed by atoms with Crippen LogP contribution in [0.4, 0.5) is 17.1 Å². The molecule has 0 amide bonds. The second kappa shape index (κ2) is 13.6. The number of benzene rings is 9. The van der Waals surface area contributed by atoms with E-state index in [-0.39, 0.29) is 0 Å². The van der Waals surface area contributed by atoms with Crippen LogP contribution in [-0.4, -0.2) is 0 Å². The Hall–Kier alpha value is -7.00. The Bertz CT molecular complexity index is 3330. The quantitative estimate of drug-likeness (QED) is 0.152. The number of hydrogen-bond donors (Lipinski definition) is 0. The normalized spacial score (nSPS) is 15.8. The molecule has 1 nitrogen and oxygen atoms in total. The average Bonchev–Trinajstić information content (AvgIpc) is 3.84. The third-order valence-electron chi connectivity index (χ3n) is 12.7. The second-order valence-corrected chi connectivity index (χ2v) is 16.9. The summed E-state index contributed by atoms with van der Waals surface area (Å²) < 4.78 is 2.66. The zero-order valence-electron chi connectivity index (χ0n) is 32.5. The summed E-state index contributed by atoms with van der Waals surface area (Å²) >= 11 is 1.89. The summed E-state index contributed by atoms with van der Waals surface area (Å²) in [6.07, 6.45) is 9.34. The van der Waals surface area contributed by atoms with Crippen molar-refractivity contribution in [3.63, 3.8) is 0 Å². The van der Waals surface area contributed by atoms with Gasteiger partial charge in [-0.3, -0.25) is 0 Å². The van der Waals surface area contributed by atoms with Crippen LogP contribution >= 0.6 is 11.3 Å². The highest BCUT2D eigenvalue weighted by Crippen LogP contribution is 2.58. The van der Waals surface area contributed by atoms with Crippen molar-refractivity contribution in [1.29, 1.82) is 0 Å². The Morgan fingerprint density at radius 1 is 0.458 bits per heavy atom. The molecule has 0 saturated heterocycles. The van der Waals surface area contributed by atoms with Crippen molar-refractivity contribution < 1.29 is 0 Å². The second-order valence-electron chi connectivity index (χ2n) is 15.9. The van der Waals surface area contributed by atoms with Crippen LogP contribution in [0.3, 0.4) is 0 Å². The SMILES string of the molecule is C1=CC(C2(c3ccccc3)c3ccccc3-c3ccc(N(c4ccc(-c5cccc6c5sc5ccccc56)cc4)c4cc5ccccc5c5ccccc45)cc32)=CCC1. The molecule has 9 aromatic carbocycles. The summed E-state index contributed by atoms with van der Waals surface area (Å²) in [5.74, 6) is 0. The molecule has 1 heterocycles. The first-order chi connectivity index (χ1) is 29.3. The number of fused-ring (bicyclic) bond motifs is 9. The van der Waals surface area contributed by atoms with Crippen molar-refractivity contribution in [3.8, 4) is 22.3 Å². The molecule has 2 heteroatoms. The first-order valence-electron chi connectivity index (χ1n) is 20.7. The molecule has 0 N–H and O–H groups in total. The van der Waals surface area contributed by atoms with Crippen molar-refractivity contribution in [2.24, 2.45) is 0 Å². The van der Waals surface area contributed by atoms with Gasteiger partial charge in [-0.2, -0.15) is 0 Å². The lowest BCUT2D eigenvalue weighted by Gasteiger charge is -2.36. The lowest BCUT2D eigenvalue weighted by Crippen LogP contribution is -2.29. The monoisotopic (exact) mass is 769 g/mol. The van der Waals surface area contributed by atoms with E-state index in [1.54, 1.807) is 0 Å². The molecule has 1 atom stereocenters. The Labute approximate surface area is 348 Å². The van der Waals surface area contributed by atoms with Gasteiger partial charge in [0, 0.05) is 36.9 Å². The molecule has 2 aliphatic carbocycles. The average molecular weight is 770 g/mol. The van der Waals surface area contributed by atoms with Crippen LogP contribution in [0.25, 0.3) is 64.0 Å². The number of allylic oxidation sites excluding steroid dienone is 4. The molecule has 0 bridgehead atoms. The first-order valence-corrected chi connectivity index (χ1v) is 21.5. The van der Waals surface area contributed by atoms with E-state index in [0.717, 1.165) is 29.9 Å². The van der Waals surface area contributed by atoms with E-state index < -0.39 is 5.41 Å². The maximum Gasteiger partial charge on any atom is 0.0711 e. The topological polar surface area (TPSA) is 3.24 Å². The van der Waals surface area contributed by atoms with Crippen LogP contribution in [0.2, 0.25) is 0 Å². The minimum absolute atomic E-state index is 0.454. The Morgan fingerprint density at radius 2 is 1.14 bits per heavy atom. The summed E-state index contributed by atoms with van der Waals surface area (Å²) in [5, 5.41) is 7.61. The molecule has 59 heavy (non-hydrogen) atoms. The van der Waals surface area contributed by atoms with Crippen LogP contribution < -0.4 is 4.90 Å². The standard InChI is InChI=1S/C57H39NS/c1-3-17-40(18-4-1)57(41-19-5-2-6-20-41)52-28-13-11-23-47(52)48-35-34-43(37-53(48)57)58(54-36-39-16-7-8-21-44(39)46-22-9-10-24-49(46)54)42-32-30-38(31-33-42)45-26-15-27-51-50-25-12-14-29-55(50)59-56(45)51/h1,3-5,7-37H,2,6H2. The van der Waals surface area contributed by atoms with Crippen LogP contribution in [0.1, 0.15) is 29.5 Å². The third-order valence-corrected chi connectivity index (χ3v) is 14.0. The number of rotatable bonds is 6. The predicted molar refractivity (Wildman–Crippen MR) is 253 cm³/mol. The Morgan fingerprint density at radius 3 is 1.98 bits per heavy atom. The molecule has 0 fully saturated rings. The van der Waals surface area contributed by atoms with Gasteiger partial charge < -0.3 is 4.90 Å². The molecule has 0 radical (unpaired) electrons. The fraction of sp³-hybridized carbons (Fsp3) is 0.0526. The van der Waals surface area contributed by atoms with Gasteiger partial charge in [0.15, 0.2) is 0 Å². The Kier molecular flexibility index (Phi) is 7.83. The molecule has 2 aliphatic rings. The van der Waals surface area contributed by atoms with Gasteiger partial charge >= 0.3 is 0 Å². The van der Waals surface area contributed by atoms with Gasteiger partial charge in [-0.25, -0.2) is 0 Å². The van der Waals surface area contributed by atoms with Crippen molar-refractivity contribution >= 4 is 70.1 Å². The van der Waals surface area contributed by atoms with Gasteiger partial charge in [-0.15, -0.1) is 11.3 Å². The lowest BCUT2D eigenvalue weighted by atomic mass is 9.66. The highest BCUT2D eigenvalue weighted by Gasteiger charge is 2.47. The highest BCUT2D eigenvalue weighted by molar-refractivity contribution is 7.26. The minimum Gasteiger partial charge on any atom is -0.310 e. The summed E-state index contributed by atoms with van der Waals surface area (Å²) in [6, 6.07) is 72.4. The van der Waals surface area contributed by atoms with E-state index in [2.05, 4.69) is 217 Å². The number of thiophene rings is 1. The molecule has 12 rings (SSSR count). The van der Waals surface area contributed by atoms with Crippen molar-refractivity contribution in [3.05, 3.63) is 235 Å². The third kappa shape index (κ3) is 5.16. The molecule has 10 aromatic rings. The summed E-state index contributed by atoms with van der Waals surface area (Å²) in [6.45, 7) is 0. The van der Waals surface area contributed by atoms with Crippen LogP contribution in [0.15, 0.2) is 218 Å². The van der Waals surface area contributed by atoms with E-state index >= 15 is 0 Å². The van der Waals surface area contributed by atoms with Gasteiger partial charge in [0.1, 0.15) is 0 Å². The highest BCUT2D eigenvalue weighted by atomic mass is 32.1. The largest absolute Gasteiger partial charge is 0.310 e. The van der Waals surface area contributed by atoms with Crippen LogP contribution in [-0.2, 0) is 5.41 Å². The fourth-order valence-corrected chi connectivity index (χ4v) is 11.4. The zero-order valence-corrected chi connectivity index (χ0v) is 33.3. The van der Waals surface area contributed by atoms with Gasteiger partial charge in [0.2, 0.25) is 0 Å². The molecular formula is C57H39NS.